The molecule has 0 saturated carbocycles. The average molecular weight is 269 g/mol. The smallest absolute Gasteiger partial charge is 0.163 e. The van der Waals surface area contributed by atoms with Crippen LogP contribution in [0.2, 0.25) is 0 Å². The summed E-state index contributed by atoms with van der Waals surface area (Å²) in [5.41, 5.74) is 0.944. The molecule has 4 heteroatoms. The van der Waals surface area contributed by atoms with Crippen LogP contribution in [0.25, 0.3) is 6.08 Å². The van der Waals surface area contributed by atoms with Gasteiger partial charge in [0.15, 0.2) is 5.79 Å². The molecular weight excluding hydrogens is 252 g/mol. The van der Waals surface area contributed by atoms with Crippen LogP contribution in [0.15, 0.2) is 35.4 Å². The Morgan fingerprint density at radius 2 is 2.11 bits per heavy atom. The molecule has 1 heterocycles. The van der Waals surface area contributed by atoms with Crippen molar-refractivity contribution in [1.29, 1.82) is 0 Å². The van der Waals surface area contributed by atoms with Gasteiger partial charge in [-0.1, -0.05) is 41.9 Å². The van der Waals surface area contributed by atoms with Crippen LogP contribution in [0.4, 0.5) is 0 Å². The standard InChI is InChI=1S/C14H17ClO3/c1-14(2)17-9-12(18-14)13(16)11(15)8-10-6-4-3-5-7-10/h3-8,12-13,16H,9H2,1-2H3/b11-8-/t12-,13+/m1/s1. The lowest BCUT2D eigenvalue weighted by Gasteiger charge is -2.20. The van der Waals surface area contributed by atoms with Gasteiger partial charge in [0.1, 0.15) is 12.2 Å². The van der Waals surface area contributed by atoms with E-state index in [1.165, 1.54) is 0 Å². The number of benzene rings is 1. The minimum absolute atomic E-state index is 0.340. The number of hydrogen-bond acceptors (Lipinski definition) is 3. The van der Waals surface area contributed by atoms with Gasteiger partial charge in [-0.2, -0.15) is 0 Å². The molecule has 3 nitrogen and oxygen atoms in total. The minimum atomic E-state index is -0.867. The maximum atomic E-state index is 10.1. The van der Waals surface area contributed by atoms with Crippen molar-refractivity contribution >= 4 is 17.7 Å². The molecule has 2 atom stereocenters. The van der Waals surface area contributed by atoms with E-state index in [0.717, 1.165) is 5.56 Å². The fourth-order valence-electron chi connectivity index (χ4n) is 1.84. The van der Waals surface area contributed by atoms with Crippen molar-refractivity contribution in [1.82, 2.24) is 0 Å². The lowest BCUT2D eigenvalue weighted by molar-refractivity contribution is -0.147. The molecule has 1 aliphatic heterocycles. The first-order chi connectivity index (χ1) is 8.48. The summed E-state index contributed by atoms with van der Waals surface area (Å²) in [5, 5.41) is 10.5. The van der Waals surface area contributed by atoms with Crippen molar-refractivity contribution in [2.24, 2.45) is 0 Å². The average Bonchev–Trinajstić information content (AvgIpc) is 2.70. The quantitative estimate of drug-likeness (QED) is 0.916. The van der Waals surface area contributed by atoms with Crippen LogP contribution in [0.5, 0.6) is 0 Å². The molecule has 0 unspecified atom stereocenters. The summed E-state index contributed by atoms with van der Waals surface area (Å²) < 4.78 is 11.0. The van der Waals surface area contributed by atoms with Crippen LogP contribution in [0, 0.1) is 0 Å². The first-order valence-electron chi connectivity index (χ1n) is 5.90. The summed E-state index contributed by atoms with van der Waals surface area (Å²) in [5.74, 6) is -0.657. The van der Waals surface area contributed by atoms with Gasteiger partial charge >= 0.3 is 0 Å². The Bertz CT molecular complexity index is 428. The molecule has 0 amide bonds. The Hall–Kier alpha value is -0.870. The summed E-state index contributed by atoms with van der Waals surface area (Å²) in [6, 6.07) is 9.61. The van der Waals surface area contributed by atoms with Gasteiger partial charge in [-0.15, -0.1) is 0 Å². The predicted octanol–water partition coefficient (Wildman–Crippen LogP) is 2.78. The first-order valence-corrected chi connectivity index (χ1v) is 6.28. The highest BCUT2D eigenvalue weighted by Gasteiger charge is 2.37. The van der Waals surface area contributed by atoms with Crippen molar-refractivity contribution in [2.75, 3.05) is 6.61 Å². The largest absolute Gasteiger partial charge is 0.385 e. The van der Waals surface area contributed by atoms with E-state index in [-0.39, 0.29) is 0 Å². The lowest BCUT2D eigenvalue weighted by atomic mass is 10.1. The molecule has 0 bridgehead atoms. The fourth-order valence-corrected chi connectivity index (χ4v) is 2.11. The van der Waals surface area contributed by atoms with Crippen LogP contribution >= 0.6 is 11.6 Å². The van der Waals surface area contributed by atoms with E-state index in [9.17, 15) is 5.11 Å². The zero-order valence-electron chi connectivity index (χ0n) is 10.5. The Balaban J connectivity index is 2.05. The molecule has 0 aromatic heterocycles. The molecule has 18 heavy (non-hydrogen) atoms. The summed E-state index contributed by atoms with van der Waals surface area (Å²) >= 11 is 6.11. The van der Waals surface area contributed by atoms with Crippen molar-refractivity contribution in [3.63, 3.8) is 0 Å². The molecule has 1 N–H and O–H groups in total. The molecule has 98 valence electrons. The second-order valence-corrected chi connectivity index (χ2v) is 5.19. The van der Waals surface area contributed by atoms with Gasteiger partial charge in [-0.3, -0.25) is 0 Å². The Morgan fingerprint density at radius 1 is 1.44 bits per heavy atom. The van der Waals surface area contributed by atoms with Gasteiger partial charge in [0.05, 0.1) is 6.61 Å². The lowest BCUT2D eigenvalue weighted by Crippen LogP contribution is -2.30. The Labute approximate surface area is 112 Å². The fraction of sp³-hybridized carbons (Fsp3) is 0.429. The molecule has 1 aromatic rings. The zero-order valence-corrected chi connectivity index (χ0v) is 11.2. The topological polar surface area (TPSA) is 38.7 Å². The summed E-state index contributed by atoms with van der Waals surface area (Å²) in [6.07, 6.45) is 0.446. The minimum Gasteiger partial charge on any atom is -0.385 e. The molecular formula is C14H17ClO3. The highest BCUT2D eigenvalue weighted by atomic mass is 35.5. The summed E-state index contributed by atoms with van der Waals surface area (Å²) in [6.45, 7) is 3.97. The van der Waals surface area contributed by atoms with Crippen LogP contribution in [-0.4, -0.2) is 29.7 Å². The highest BCUT2D eigenvalue weighted by Crippen LogP contribution is 2.28. The highest BCUT2D eigenvalue weighted by molar-refractivity contribution is 6.32. The molecule has 1 saturated heterocycles. The zero-order chi connectivity index (χ0) is 13.2. The van der Waals surface area contributed by atoms with Crippen molar-refractivity contribution < 1.29 is 14.6 Å². The Kier molecular flexibility index (Phi) is 4.07. The molecule has 0 radical (unpaired) electrons. The molecule has 0 aliphatic carbocycles. The van der Waals surface area contributed by atoms with Gasteiger partial charge in [-0.05, 0) is 25.5 Å². The van der Waals surface area contributed by atoms with E-state index in [4.69, 9.17) is 21.1 Å². The van der Waals surface area contributed by atoms with E-state index < -0.39 is 18.0 Å². The summed E-state index contributed by atoms with van der Waals surface area (Å²) in [7, 11) is 0. The van der Waals surface area contributed by atoms with E-state index in [1.807, 2.05) is 44.2 Å². The molecule has 2 rings (SSSR count). The van der Waals surface area contributed by atoms with Gasteiger partial charge in [0.25, 0.3) is 0 Å². The number of hydrogen-bond donors (Lipinski definition) is 1. The van der Waals surface area contributed by atoms with Crippen LogP contribution < -0.4 is 0 Å². The van der Waals surface area contributed by atoms with Gasteiger partial charge < -0.3 is 14.6 Å². The number of aliphatic hydroxyl groups excluding tert-OH is 1. The van der Waals surface area contributed by atoms with Crippen molar-refractivity contribution in [3.05, 3.63) is 40.9 Å². The molecule has 0 spiro atoms. The second kappa shape index (κ2) is 5.41. The van der Waals surface area contributed by atoms with Crippen molar-refractivity contribution in [3.8, 4) is 0 Å². The summed E-state index contributed by atoms with van der Waals surface area (Å²) in [4.78, 5) is 0. The van der Waals surface area contributed by atoms with E-state index in [1.54, 1.807) is 6.08 Å². The maximum Gasteiger partial charge on any atom is 0.163 e. The maximum absolute atomic E-state index is 10.1. The van der Waals surface area contributed by atoms with Gasteiger partial charge in [-0.25, -0.2) is 0 Å². The molecule has 1 aromatic carbocycles. The van der Waals surface area contributed by atoms with Crippen molar-refractivity contribution in [2.45, 2.75) is 31.8 Å². The van der Waals surface area contributed by atoms with E-state index >= 15 is 0 Å². The normalized spacial score (nSPS) is 25.1. The van der Waals surface area contributed by atoms with Crippen LogP contribution in [-0.2, 0) is 9.47 Å². The van der Waals surface area contributed by atoms with E-state index in [2.05, 4.69) is 0 Å². The third kappa shape index (κ3) is 3.33. The van der Waals surface area contributed by atoms with Gasteiger partial charge in [0, 0.05) is 5.03 Å². The number of aliphatic hydroxyl groups is 1. The predicted molar refractivity (Wildman–Crippen MR) is 71.2 cm³/mol. The number of rotatable bonds is 3. The first kappa shape index (κ1) is 13.6. The Morgan fingerprint density at radius 3 is 2.67 bits per heavy atom. The molecule has 1 fully saturated rings. The number of halogens is 1. The third-order valence-electron chi connectivity index (χ3n) is 2.77. The van der Waals surface area contributed by atoms with E-state index in [0.29, 0.717) is 11.6 Å². The monoisotopic (exact) mass is 268 g/mol. The van der Waals surface area contributed by atoms with Crippen LogP contribution in [0.3, 0.4) is 0 Å². The number of ether oxygens (including phenoxy) is 2. The second-order valence-electron chi connectivity index (χ2n) is 4.75. The van der Waals surface area contributed by atoms with Crippen LogP contribution in [0.1, 0.15) is 19.4 Å². The van der Waals surface area contributed by atoms with Gasteiger partial charge in [0.2, 0.25) is 0 Å². The third-order valence-corrected chi connectivity index (χ3v) is 3.10. The SMILES string of the molecule is CC1(C)OC[C@H]([C@@H](O)/C(Cl)=C/c2ccccc2)O1. The molecule has 1 aliphatic rings.